The molecule has 1 aromatic heterocycles. The molecule has 1 aliphatic rings. The second-order valence-corrected chi connectivity index (χ2v) is 8.49. The van der Waals surface area contributed by atoms with Gasteiger partial charge in [-0.25, -0.2) is 0 Å². The predicted molar refractivity (Wildman–Crippen MR) is 117 cm³/mol. The van der Waals surface area contributed by atoms with Gasteiger partial charge in [-0.2, -0.15) is 5.26 Å². The topological polar surface area (TPSA) is 78.2 Å². The molecule has 0 spiro atoms. The molecule has 1 aliphatic heterocycles. The van der Waals surface area contributed by atoms with Crippen molar-refractivity contribution in [2.24, 2.45) is 5.92 Å². The minimum absolute atomic E-state index is 0.0265. The summed E-state index contributed by atoms with van der Waals surface area (Å²) in [6.45, 7) is 10.7. The molecule has 1 fully saturated rings. The zero-order chi connectivity index (χ0) is 21.8. The summed E-state index contributed by atoms with van der Waals surface area (Å²) in [6.07, 6.45) is 2.98. The van der Waals surface area contributed by atoms with Gasteiger partial charge in [-0.05, 0) is 63.4 Å². The van der Waals surface area contributed by atoms with E-state index in [2.05, 4.69) is 30.3 Å². The summed E-state index contributed by atoms with van der Waals surface area (Å²) in [5, 5.41) is 12.4. The highest BCUT2D eigenvalue weighted by molar-refractivity contribution is 5.95. The van der Waals surface area contributed by atoms with Crippen LogP contribution in [0.2, 0.25) is 0 Å². The van der Waals surface area contributed by atoms with Gasteiger partial charge in [0.2, 0.25) is 0 Å². The van der Waals surface area contributed by atoms with Crippen molar-refractivity contribution < 1.29 is 9.53 Å². The molecule has 2 heterocycles. The number of nitriles is 1. The lowest BCUT2D eigenvalue weighted by molar-refractivity contribution is 0.0930. The van der Waals surface area contributed by atoms with E-state index in [0.29, 0.717) is 23.8 Å². The maximum atomic E-state index is 13.0. The van der Waals surface area contributed by atoms with Crippen molar-refractivity contribution in [3.05, 3.63) is 47.7 Å². The Morgan fingerprint density at radius 1 is 1.33 bits per heavy atom. The Balaban J connectivity index is 1.86. The van der Waals surface area contributed by atoms with Crippen LogP contribution in [0, 0.1) is 24.3 Å². The Morgan fingerprint density at radius 3 is 2.73 bits per heavy atom. The lowest BCUT2D eigenvalue weighted by atomic mass is 10.0. The molecule has 1 N–H and O–H groups in total. The van der Waals surface area contributed by atoms with Crippen LogP contribution in [0.5, 0.6) is 5.75 Å². The molecule has 0 unspecified atom stereocenters. The van der Waals surface area contributed by atoms with Crippen LogP contribution in [0.25, 0.3) is 11.3 Å². The number of nitrogens with one attached hydrogen (secondary N) is 1. The van der Waals surface area contributed by atoms with Gasteiger partial charge in [0, 0.05) is 22.9 Å². The van der Waals surface area contributed by atoms with Crippen molar-refractivity contribution in [3.8, 4) is 23.2 Å². The zero-order valence-corrected chi connectivity index (χ0v) is 18.3. The molecule has 3 atom stereocenters. The Hall–Kier alpha value is -3.07. The number of pyridine rings is 1. The highest BCUT2D eigenvalue weighted by Crippen LogP contribution is 2.31. The summed E-state index contributed by atoms with van der Waals surface area (Å²) in [4.78, 5) is 19.3. The van der Waals surface area contributed by atoms with E-state index in [9.17, 15) is 10.1 Å². The highest BCUT2D eigenvalue weighted by atomic mass is 16.5. The molecule has 0 radical (unpaired) electrons. The number of carbonyl (C=O) groups is 1. The molecule has 6 nitrogen and oxygen atoms in total. The summed E-state index contributed by atoms with van der Waals surface area (Å²) >= 11 is 0. The molecule has 3 rings (SSSR count). The smallest absolute Gasteiger partial charge is 0.251 e. The number of ether oxygens (including phenoxy) is 1. The van der Waals surface area contributed by atoms with Gasteiger partial charge < -0.3 is 15.0 Å². The van der Waals surface area contributed by atoms with Crippen LogP contribution in [0.15, 0.2) is 36.4 Å². The summed E-state index contributed by atoms with van der Waals surface area (Å²) < 4.78 is 6.06. The fourth-order valence-electron chi connectivity index (χ4n) is 3.84. The maximum absolute atomic E-state index is 13.0. The van der Waals surface area contributed by atoms with Crippen molar-refractivity contribution in [2.45, 2.75) is 59.2 Å². The van der Waals surface area contributed by atoms with Gasteiger partial charge in [-0.3, -0.25) is 9.78 Å². The number of aryl methyl sites for hydroxylation is 1. The molecule has 158 valence electrons. The van der Waals surface area contributed by atoms with Crippen LogP contribution in [0.4, 0.5) is 0 Å². The zero-order valence-electron chi connectivity index (χ0n) is 18.3. The molecule has 0 bridgehead atoms. The monoisotopic (exact) mass is 406 g/mol. The average molecular weight is 407 g/mol. The molecule has 0 saturated carbocycles. The second kappa shape index (κ2) is 9.17. The number of rotatable bonds is 6. The van der Waals surface area contributed by atoms with Crippen molar-refractivity contribution in [1.29, 1.82) is 5.26 Å². The lowest BCUT2D eigenvalue weighted by Gasteiger charge is -2.22. The number of hydrogen-bond donors (Lipinski definition) is 1. The first-order valence-electron chi connectivity index (χ1n) is 10.5. The van der Waals surface area contributed by atoms with Crippen molar-refractivity contribution in [2.75, 3.05) is 6.61 Å². The van der Waals surface area contributed by atoms with Gasteiger partial charge in [0.15, 0.2) is 6.19 Å². The molecular formula is C24H30N4O2. The third-order valence-corrected chi connectivity index (χ3v) is 5.50. The Morgan fingerprint density at radius 2 is 2.10 bits per heavy atom. The number of carbonyl (C=O) groups excluding carboxylic acids is 1. The second-order valence-electron chi connectivity index (χ2n) is 8.49. The summed E-state index contributed by atoms with van der Waals surface area (Å²) in [6, 6.07) is 11.4. The average Bonchev–Trinajstić information content (AvgIpc) is 2.98. The molecule has 1 saturated heterocycles. The number of likely N-dealkylation sites (tertiary alicyclic amines) is 1. The summed E-state index contributed by atoms with van der Waals surface area (Å²) in [7, 11) is 0. The fraction of sp³-hybridized carbons (Fsp3) is 0.458. The van der Waals surface area contributed by atoms with Gasteiger partial charge in [-0.1, -0.05) is 19.9 Å². The first kappa shape index (κ1) is 21.6. The summed E-state index contributed by atoms with van der Waals surface area (Å²) in [5.41, 5.74) is 3.16. The lowest BCUT2D eigenvalue weighted by Crippen LogP contribution is -2.42. The Labute approximate surface area is 178 Å². The van der Waals surface area contributed by atoms with E-state index in [0.717, 1.165) is 23.4 Å². The SMILES string of the molecule is Cc1cccc(-c2ccc(C(=O)N[C@@H]3C[C@H](C)N(C#N)[C@@H]3C)cc2OCC(C)C)n1. The number of aromatic nitrogens is 1. The van der Waals surface area contributed by atoms with E-state index in [1.54, 1.807) is 11.0 Å². The number of nitrogens with zero attached hydrogens (tertiary/aromatic N) is 3. The first-order valence-corrected chi connectivity index (χ1v) is 10.5. The minimum atomic E-state index is -0.156. The van der Waals surface area contributed by atoms with E-state index in [4.69, 9.17) is 4.74 Å². The molecule has 1 amide bonds. The van der Waals surface area contributed by atoms with Crippen LogP contribution in [0.1, 0.15) is 50.2 Å². The largest absolute Gasteiger partial charge is 0.493 e. The molecule has 0 aliphatic carbocycles. The van der Waals surface area contributed by atoms with Crippen LogP contribution in [0.3, 0.4) is 0 Å². The van der Waals surface area contributed by atoms with Crippen LogP contribution in [-0.2, 0) is 0 Å². The van der Waals surface area contributed by atoms with E-state index in [-0.39, 0.29) is 24.0 Å². The highest BCUT2D eigenvalue weighted by Gasteiger charge is 2.36. The summed E-state index contributed by atoms with van der Waals surface area (Å²) in [5.74, 6) is 0.858. The van der Waals surface area contributed by atoms with E-state index in [1.807, 2.05) is 51.1 Å². The molecule has 2 aromatic rings. The first-order chi connectivity index (χ1) is 14.3. The normalized spacial score (nSPS) is 20.8. The maximum Gasteiger partial charge on any atom is 0.251 e. The standard InChI is InChI=1S/C24H30N4O2/c1-15(2)13-30-23-12-19(9-10-20(23)21-8-6-7-16(3)26-21)24(29)27-22-11-17(4)28(14-25)18(22)5/h6-10,12,15,17-18,22H,11,13H2,1-5H3,(H,27,29)/t17-,18+,22+/m0/s1. The fourth-order valence-corrected chi connectivity index (χ4v) is 3.84. The van der Waals surface area contributed by atoms with E-state index in [1.165, 1.54) is 0 Å². The van der Waals surface area contributed by atoms with E-state index < -0.39 is 0 Å². The Kier molecular flexibility index (Phi) is 6.61. The van der Waals surface area contributed by atoms with Crippen molar-refractivity contribution in [3.63, 3.8) is 0 Å². The molecular weight excluding hydrogens is 376 g/mol. The number of benzene rings is 1. The molecule has 30 heavy (non-hydrogen) atoms. The third-order valence-electron chi connectivity index (χ3n) is 5.50. The number of hydrogen-bond acceptors (Lipinski definition) is 5. The van der Waals surface area contributed by atoms with Gasteiger partial charge in [-0.15, -0.1) is 0 Å². The predicted octanol–water partition coefficient (Wildman–Crippen LogP) is 4.15. The van der Waals surface area contributed by atoms with Crippen LogP contribution >= 0.6 is 0 Å². The van der Waals surface area contributed by atoms with Crippen molar-refractivity contribution >= 4 is 5.91 Å². The van der Waals surface area contributed by atoms with Crippen LogP contribution in [-0.4, -0.2) is 40.5 Å². The van der Waals surface area contributed by atoms with Gasteiger partial charge >= 0.3 is 0 Å². The Bertz CT molecular complexity index is 950. The quantitative estimate of drug-likeness (QED) is 0.729. The van der Waals surface area contributed by atoms with Gasteiger partial charge in [0.05, 0.1) is 24.4 Å². The van der Waals surface area contributed by atoms with Crippen LogP contribution < -0.4 is 10.1 Å². The van der Waals surface area contributed by atoms with Crippen molar-refractivity contribution in [1.82, 2.24) is 15.2 Å². The van der Waals surface area contributed by atoms with Gasteiger partial charge in [0.25, 0.3) is 5.91 Å². The third kappa shape index (κ3) is 4.73. The van der Waals surface area contributed by atoms with E-state index >= 15 is 0 Å². The molecule has 1 aromatic carbocycles. The number of amides is 1. The van der Waals surface area contributed by atoms with Gasteiger partial charge in [0.1, 0.15) is 5.75 Å². The molecule has 6 heteroatoms. The minimum Gasteiger partial charge on any atom is -0.493 e.